The quantitative estimate of drug-likeness (QED) is 0.408. The number of hydrogen-bond acceptors (Lipinski definition) is 3. The van der Waals surface area contributed by atoms with E-state index in [1.807, 2.05) is 10.0 Å². The number of aromatic nitrogens is 1. The number of hydroxylamine groups is 1. The van der Waals surface area contributed by atoms with E-state index in [9.17, 15) is 4.39 Å². The highest BCUT2D eigenvalue weighted by molar-refractivity contribution is 6.09. The summed E-state index contributed by atoms with van der Waals surface area (Å²) in [5, 5.41) is 17.3. The molecule has 94 valence electrons. The summed E-state index contributed by atoms with van der Waals surface area (Å²) in [6.07, 6.45) is 0. The number of halogens is 1. The number of rotatable bonds is 1. The Balaban J connectivity index is 2.36. The maximum Gasteiger partial charge on any atom is 0.151 e. The van der Waals surface area contributed by atoms with Crippen molar-refractivity contribution in [2.24, 2.45) is 0 Å². The molecule has 1 aromatic carbocycles. The lowest BCUT2D eigenvalue weighted by Gasteiger charge is -2.17. The van der Waals surface area contributed by atoms with Crippen molar-refractivity contribution in [2.75, 3.05) is 6.61 Å². The molecule has 1 aliphatic heterocycles. The summed E-state index contributed by atoms with van der Waals surface area (Å²) in [6, 6.07) is 4.46. The van der Waals surface area contributed by atoms with E-state index < -0.39 is 0 Å². The lowest BCUT2D eigenvalue weighted by molar-refractivity contribution is 0.0862. The number of nitrogens with zero attached hydrogens (tertiary/aromatic N) is 1. The monoisotopic (exact) mass is 249 g/mol. The molecule has 0 fully saturated rings. The second-order valence-corrected chi connectivity index (χ2v) is 4.17. The van der Waals surface area contributed by atoms with Gasteiger partial charge in [0.2, 0.25) is 0 Å². The first-order valence-electron chi connectivity index (χ1n) is 5.59. The number of benzene rings is 1. The summed E-state index contributed by atoms with van der Waals surface area (Å²) in [5.74, 6) is -0.511. The Morgan fingerprint density at radius 2 is 2.33 bits per heavy atom. The van der Waals surface area contributed by atoms with Crippen LogP contribution in [0.4, 0.5) is 4.39 Å². The SMILES string of the molecule is N=C(NO)c1c2n(c3ccc(F)cc13)CCOC2. The number of hydrogen-bond donors (Lipinski definition) is 3. The van der Waals surface area contributed by atoms with E-state index in [0.717, 1.165) is 11.2 Å². The van der Waals surface area contributed by atoms with Gasteiger partial charge in [0.05, 0.1) is 18.9 Å². The zero-order chi connectivity index (χ0) is 12.7. The molecule has 0 aliphatic carbocycles. The third kappa shape index (κ3) is 1.50. The average molecular weight is 249 g/mol. The van der Waals surface area contributed by atoms with Crippen LogP contribution in [0.2, 0.25) is 0 Å². The van der Waals surface area contributed by atoms with Crippen molar-refractivity contribution < 1.29 is 14.3 Å². The van der Waals surface area contributed by atoms with E-state index in [-0.39, 0.29) is 11.7 Å². The summed E-state index contributed by atoms with van der Waals surface area (Å²) in [5.41, 5.74) is 3.95. The molecule has 0 atom stereocenters. The molecule has 0 spiro atoms. The Kier molecular flexibility index (Phi) is 2.53. The van der Waals surface area contributed by atoms with Gasteiger partial charge < -0.3 is 9.30 Å². The smallest absolute Gasteiger partial charge is 0.151 e. The highest BCUT2D eigenvalue weighted by atomic mass is 19.1. The van der Waals surface area contributed by atoms with Gasteiger partial charge in [-0.2, -0.15) is 0 Å². The molecule has 6 heteroatoms. The molecule has 2 heterocycles. The molecule has 0 amide bonds. The zero-order valence-corrected chi connectivity index (χ0v) is 9.53. The molecule has 18 heavy (non-hydrogen) atoms. The van der Waals surface area contributed by atoms with Gasteiger partial charge in [0.1, 0.15) is 5.82 Å². The van der Waals surface area contributed by atoms with Gasteiger partial charge in [-0.25, -0.2) is 4.39 Å². The zero-order valence-electron chi connectivity index (χ0n) is 9.53. The maximum absolute atomic E-state index is 13.4. The largest absolute Gasteiger partial charge is 0.373 e. The minimum Gasteiger partial charge on any atom is -0.373 e. The van der Waals surface area contributed by atoms with Crippen LogP contribution in [0.25, 0.3) is 10.9 Å². The van der Waals surface area contributed by atoms with Gasteiger partial charge in [-0.1, -0.05) is 0 Å². The normalized spacial score (nSPS) is 14.6. The molecule has 5 nitrogen and oxygen atoms in total. The van der Waals surface area contributed by atoms with Crippen molar-refractivity contribution in [2.45, 2.75) is 13.2 Å². The van der Waals surface area contributed by atoms with E-state index >= 15 is 0 Å². The van der Waals surface area contributed by atoms with E-state index in [4.69, 9.17) is 15.4 Å². The number of amidine groups is 1. The topological polar surface area (TPSA) is 70.3 Å². The first-order chi connectivity index (χ1) is 8.72. The van der Waals surface area contributed by atoms with Crippen LogP contribution in [-0.4, -0.2) is 22.2 Å². The van der Waals surface area contributed by atoms with Crippen LogP contribution in [0.5, 0.6) is 0 Å². The third-order valence-corrected chi connectivity index (χ3v) is 3.19. The van der Waals surface area contributed by atoms with Gasteiger partial charge in [-0.3, -0.25) is 16.1 Å². The Morgan fingerprint density at radius 3 is 3.11 bits per heavy atom. The molecule has 0 bridgehead atoms. The lowest BCUT2D eigenvalue weighted by Crippen LogP contribution is -2.23. The number of ether oxygens (including phenoxy) is 1. The van der Waals surface area contributed by atoms with E-state index in [1.165, 1.54) is 12.1 Å². The van der Waals surface area contributed by atoms with Crippen LogP contribution >= 0.6 is 0 Å². The van der Waals surface area contributed by atoms with Crippen LogP contribution in [0.15, 0.2) is 18.2 Å². The van der Waals surface area contributed by atoms with Crippen molar-refractivity contribution >= 4 is 16.7 Å². The van der Waals surface area contributed by atoms with E-state index in [2.05, 4.69) is 0 Å². The molecule has 0 unspecified atom stereocenters. The van der Waals surface area contributed by atoms with Crippen molar-refractivity contribution in [3.05, 3.63) is 35.3 Å². The Morgan fingerprint density at radius 1 is 1.50 bits per heavy atom. The summed E-state index contributed by atoms with van der Waals surface area (Å²) in [6.45, 7) is 1.61. The Hall–Kier alpha value is -1.92. The second-order valence-electron chi connectivity index (χ2n) is 4.17. The summed E-state index contributed by atoms with van der Waals surface area (Å²) in [7, 11) is 0. The van der Waals surface area contributed by atoms with Gasteiger partial charge in [0, 0.05) is 23.0 Å². The van der Waals surface area contributed by atoms with Crippen molar-refractivity contribution in [3.63, 3.8) is 0 Å². The van der Waals surface area contributed by atoms with Gasteiger partial charge in [-0.05, 0) is 18.2 Å². The first kappa shape index (κ1) is 11.2. The fraction of sp³-hybridized carbons (Fsp3) is 0.250. The minimum atomic E-state index is -0.363. The molecule has 0 radical (unpaired) electrons. The van der Waals surface area contributed by atoms with E-state index in [0.29, 0.717) is 30.7 Å². The highest BCUT2D eigenvalue weighted by Gasteiger charge is 2.22. The van der Waals surface area contributed by atoms with Crippen LogP contribution in [0.1, 0.15) is 11.3 Å². The van der Waals surface area contributed by atoms with Crippen LogP contribution in [0, 0.1) is 11.2 Å². The number of nitrogens with one attached hydrogen (secondary N) is 2. The molecule has 0 saturated heterocycles. The maximum atomic E-state index is 13.4. The molecule has 1 aliphatic rings. The second kappa shape index (κ2) is 4.08. The molecule has 3 N–H and O–H groups in total. The van der Waals surface area contributed by atoms with Crippen molar-refractivity contribution in [1.29, 1.82) is 5.41 Å². The Labute approximate surface area is 102 Å². The molecular weight excluding hydrogens is 237 g/mol. The summed E-state index contributed by atoms with van der Waals surface area (Å²) >= 11 is 0. The fourth-order valence-electron chi connectivity index (χ4n) is 2.44. The van der Waals surface area contributed by atoms with Gasteiger partial charge in [0.15, 0.2) is 5.84 Å². The van der Waals surface area contributed by atoms with Crippen LogP contribution in [-0.2, 0) is 17.9 Å². The van der Waals surface area contributed by atoms with Crippen molar-refractivity contribution in [3.8, 4) is 0 Å². The Bertz CT molecular complexity index is 636. The van der Waals surface area contributed by atoms with Gasteiger partial charge in [0.25, 0.3) is 0 Å². The highest BCUT2D eigenvalue weighted by Crippen LogP contribution is 2.29. The molecule has 1 aromatic heterocycles. The lowest BCUT2D eigenvalue weighted by atomic mass is 10.1. The van der Waals surface area contributed by atoms with Crippen LogP contribution in [0.3, 0.4) is 0 Å². The predicted molar refractivity (Wildman–Crippen MR) is 63.3 cm³/mol. The van der Waals surface area contributed by atoms with E-state index in [1.54, 1.807) is 6.07 Å². The van der Waals surface area contributed by atoms with Gasteiger partial charge in [-0.15, -0.1) is 0 Å². The van der Waals surface area contributed by atoms with Crippen LogP contribution < -0.4 is 5.48 Å². The van der Waals surface area contributed by atoms with Crippen molar-refractivity contribution in [1.82, 2.24) is 10.0 Å². The average Bonchev–Trinajstić information content (AvgIpc) is 2.71. The molecule has 3 rings (SSSR count). The summed E-state index contributed by atoms with van der Waals surface area (Å²) < 4.78 is 20.7. The first-order valence-corrected chi connectivity index (χ1v) is 5.59. The fourth-order valence-corrected chi connectivity index (χ4v) is 2.44. The minimum absolute atomic E-state index is 0.148. The summed E-state index contributed by atoms with van der Waals surface area (Å²) in [4.78, 5) is 0. The predicted octanol–water partition coefficient (Wildman–Crippen LogP) is 1.61. The number of fused-ring (bicyclic) bond motifs is 3. The molecular formula is C12H12FN3O2. The molecule has 0 saturated carbocycles. The van der Waals surface area contributed by atoms with Gasteiger partial charge >= 0.3 is 0 Å². The standard InChI is InChI=1S/C12H12FN3O2/c13-7-1-2-9-8(5-7)11(12(14)15-17)10-6-18-4-3-16(9)10/h1-2,5,17H,3-4,6H2,(H2,14,15). The third-order valence-electron chi connectivity index (χ3n) is 3.19. The molecule has 2 aromatic rings.